The number of guanidine groups is 1. The summed E-state index contributed by atoms with van der Waals surface area (Å²) < 4.78 is 5.91. The zero-order chi connectivity index (χ0) is 19.1. The fraction of sp³-hybridized carbons (Fsp3) is 0.700. The van der Waals surface area contributed by atoms with Crippen LogP contribution in [0.5, 0.6) is 0 Å². The van der Waals surface area contributed by atoms with Gasteiger partial charge in [0, 0.05) is 26.2 Å². The summed E-state index contributed by atoms with van der Waals surface area (Å²) in [5, 5.41) is 6.67. The lowest BCUT2D eigenvalue weighted by Gasteiger charge is -2.27. The molecule has 0 saturated carbocycles. The third-order valence-corrected chi connectivity index (χ3v) is 5.31. The van der Waals surface area contributed by atoms with Crippen LogP contribution in [0.2, 0.25) is 0 Å². The summed E-state index contributed by atoms with van der Waals surface area (Å²) in [5.41, 5.74) is 0. The Balaban J connectivity index is 1.61. The minimum Gasteiger partial charge on any atom is -0.465 e. The molecular formula is C20H33N5O2. The van der Waals surface area contributed by atoms with E-state index in [0.29, 0.717) is 12.5 Å². The summed E-state index contributed by atoms with van der Waals surface area (Å²) in [7, 11) is 0. The first kappa shape index (κ1) is 19.7. The molecule has 2 aliphatic heterocycles. The number of rotatable bonds is 7. The Hall–Kier alpha value is -2.02. The Labute approximate surface area is 162 Å². The van der Waals surface area contributed by atoms with Gasteiger partial charge < -0.3 is 20.0 Å². The molecule has 3 rings (SSSR count). The summed E-state index contributed by atoms with van der Waals surface area (Å²) in [6, 6.07) is 4.27. The number of carbonyl (C=O) groups is 1. The van der Waals surface area contributed by atoms with E-state index in [-0.39, 0.29) is 18.5 Å². The molecule has 7 nitrogen and oxygen atoms in total. The van der Waals surface area contributed by atoms with Crippen LogP contribution in [0.1, 0.15) is 50.2 Å². The van der Waals surface area contributed by atoms with Crippen LogP contribution in [-0.4, -0.2) is 67.5 Å². The Bertz CT molecular complexity index is 630. The lowest BCUT2D eigenvalue weighted by atomic mass is 10.2. The van der Waals surface area contributed by atoms with Gasteiger partial charge in [0.05, 0.1) is 6.04 Å². The third kappa shape index (κ3) is 5.48. The van der Waals surface area contributed by atoms with Crippen LogP contribution in [0.25, 0.3) is 0 Å². The van der Waals surface area contributed by atoms with Crippen molar-refractivity contribution < 1.29 is 9.21 Å². The van der Waals surface area contributed by atoms with Gasteiger partial charge in [0.25, 0.3) is 0 Å². The van der Waals surface area contributed by atoms with E-state index in [1.54, 1.807) is 0 Å². The van der Waals surface area contributed by atoms with E-state index in [4.69, 9.17) is 4.42 Å². The van der Waals surface area contributed by atoms with E-state index in [9.17, 15) is 4.79 Å². The second-order valence-corrected chi connectivity index (χ2v) is 7.37. The molecule has 0 aromatic carbocycles. The molecule has 2 N–H and O–H groups in total. The topological polar surface area (TPSA) is 73.1 Å². The zero-order valence-corrected chi connectivity index (χ0v) is 16.7. The SMILES string of the molecule is CCNC(=NCC(=O)N1CCCC1)NCC(c1ccc(C)o1)N1CCCC1. The van der Waals surface area contributed by atoms with Gasteiger partial charge in [-0.05, 0) is 64.8 Å². The van der Waals surface area contributed by atoms with Gasteiger partial charge in [0.1, 0.15) is 18.1 Å². The van der Waals surface area contributed by atoms with Crippen molar-refractivity contribution in [3.8, 4) is 0 Å². The molecule has 2 saturated heterocycles. The highest BCUT2D eigenvalue weighted by atomic mass is 16.3. The monoisotopic (exact) mass is 375 g/mol. The first-order valence-electron chi connectivity index (χ1n) is 10.3. The maximum Gasteiger partial charge on any atom is 0.244 e. The van der Waals surface area contributed by atoms with Crippen molar-refractivity contribution in [2.75, 3.05) is 45.8 Å². The molecule has 3 heterocycles. The molecule has 1 aromatic heterocycles. The number of aliphatic imine (C=N–C) groups is 1. The average Bonchev–Trinajstić information content (AvgIpc) is 3.42. The molecule has 1 unspecified atom stereocenters. The lowest BCUT2D eigenvalue weighted by Crippen LogP contribution is -2.43. The number of aryl methyl sites for hydroxylation is 1. The van der Waals surface area contributed by atoms with Crippen molar-refractivity contribution >= 4 is 11.9 Å². The molecule has 27 heavy (non-hydrogen) atoms. The number of hydrogen-bond acceptors (Lipinski definition) is 4. The molecule has 1 aromatic rings. The largest absolute Gasteiger partial charge is 0.465 e. The molecule has 1 amide bonds. The van der Waals surface area contributed by atoms with Crippen LogP contribution in [0.4, 0.5) is 0 Å². The van der Waals surface area contributed by atoms with Crippen LogP contribution in [0.15, 0.2) is 21.5 Å². The fourth-order valence-corrected chi connectivity index (χ4v) is 3.84. The average molecular weight is 376 g/mol. The van der Waals surface area contributed by atoms with Gasteiger partial charge >= 0.3 is 0 Å². The third-order valence-electron chi connectivity index (χ3n) is 5.31. The highest BCUT2D eigenvalue weighted by Crippen LogP contribution is 2.26. The minimum atomic E-state index is 0.113. The number of amides is 1. The van der Waals surface area contributed by atoms with Gasteiger partial charge in [0.2, 0.25) is 5.91 Å². The maximum absolute atomic E-state index is 12.3. The van der Waals surface area contributed by atoms with Crippen molar-refractivity contribution in [2.24, 2.45) is 4.99 Å². The molecule has 0 aliphatic carbocycles. The number of likely N-dealkylation sites (tertiary alicyclic amines) is 2. The standard InChI is InChI=1S/C20H33N5O2/c1-3-21-20(23-15-19(26)25-12-6-7-13-25)22-14-17(24-10-4-5-11-24)18-9-8-16(2)27-18/h8-9,17H,3-7,10-15H2,1-2H3,(H2,21,22,23). The molecule has 0 radical (unpaired) electrons. The summed E-state index contributed by atoms with van der Waals surface area (Å²) in [6.45, 7) is 9.60. The summed E-state index contributed by atoms with van der Waals surface area (Å²) >= 11 is 0. The predicted octanol–water partition coefficient (Wildman–Crippen LogP) is 1.90. The van der Waals surface area contributed by atoms with Crippen molar-refractivity contribution in [1.29, 1.82) is 0 Å². The smallest absolute Gasteiger partial charge is 0.244 e. The first-order chi connectivity index (χ1) is 13.2. The lowest BCUT2D eigenvalue weighted by molar-refractivity contribution is -0.128. The highest BCUT2D eigenvalue weighted by Gasteiger charge is 2.26. The van der Waals surface area contributed by atoms with Crippen molar-refractivity contribution in [2.45, 2.75) is 45.6 Å². The summed E-state index contributed by atoms with van der Waals surface area (Å²) in [5.74, 6) is 2.73. The van der Waals surface area contributed by atoms with Gasteiger partial charge in [0.15, 0.2) is 5.96 Å². The maximum atomic E-state index is 12.3. The minimum absolute atomic E-state index is 0.113. The van der Waals surface area contributed by atoms with Crippen LogP contribution in [0.3, 0.4) is 0 Å². The van der Waals surface area contributed by atoms with Crippen LogP contribution in [-0.2, 0) is 4.79 Å². The molecule has 0 spiro atoms. The summed E-state index contributed by atoms with van der Waals surface area (Å²) in [4.78, 5) is 21.1. The van der Waals surface area contributed by atoms with E-state index >= 15 is 0 Å². The van der Waals surface area contributed by atoms with Crippen LogP contribution < -0.4 is 10.6 Å². The molecule has 1 atom stereocenters. The van der Waals surface area contributed by atoms with Crippen LogP contribution in [0, 0.1) is 6.92 Å². The second kappa shape index (κ2) is 9.78. The summed E-state index contributed by atoms with van der Waals surface area (Å²) in [6.07, 6.45) is 4.67. The zero-order valence-electron chi connectivity index (χ0n) is 16.7. The highest BCUT2D eigenvalue weighted by molar-refractivity contribution is 5.85. The van der Waals surface area contributed by atoms with Gasteiger partial charge in [-0.15, -0.1) is 0 Å². The Kier molecular flexibility index (Phi) is 7.15. The number of nitrogens with one attached hydrogen (secondary N) is 2. The first-order valence-corrected chi connectivity index (χ1v) is 10.3. The van der Waals surface area contributed by atoms with Crippen molar-refractivity contribution in [3.63, 3.8) is 0 Å². The number of hydrogen-bond donors (Lipinski definition) is 2. The number of furan rings is 1. The van der Waals surface area contributed by atoms with Gasteiger partial charge in [-0.25, -0.2) is 4.99 Å². The quantitative estimate of drug-likeness (QED) is 0.563. The normalized spacial score (nSPS) is 19.5. The van der Waals surface area contributed by atoms with Crippen molar-refractivity contribution in [3.05, 3.63) is 23.7 Å². The molecule has 2 aliphatic rings. The van der Waals surface area contributed by atoms with E-state index in [2.05, 4.69) is 26.6 Å². The molecule has 2 fully saturated rings. The second-order valence-electron chi connectivity index (χ2n) is 7.37. The Morgan fingerprint density at radius 1 is 1.15 bits per heavy atom. The van der Waals surface area contributed by atoms with Gasteiger partial charge in [-0.2, -0.15) is 0 Å². The van der Waals surface area contributed by atoms with E-state index in [1.165, 1.54) is 12.8 Å². The Morgan fingerprint density at radius 3 is 2.48 bits per heavy atom. The number of carbonyl (C=O) groups excluding carboxylic acids is 1. The molecular weight excluding hydrogens is 342 g/mol. The molecule has 150 valence electrons. The fourth-order valence-electron chi connectivity index (χ4n) is 3.84. The van der Waals surface area contributed by atoms with E-state index < -0.39 is 0 Å². The molecule has 7 heteroatoms. The predicted molar refractivity (Wildman–Crippen MR) is 107 cm³/mol. The Morgan fingerprint density at radius 2 is 1.85 bits per heavy atom. The van der Waals surface area contributed by atoms with Crippen molar-refractivity contribution in [1.82, 2.24) is 20.4 Å². The number of nitrogens with zero attached hydrogens (tertiary/aromatic N) is 3. The van der Waals surface area contributed by atoms with Gasteiger partial charge in [-0.3, -0.25) is 9.69 Å². The van der Waals surface area contributed by atoms with Crippen LogP contribution >= 0.6 is 0 Å². The molecule has 0 bridgehead atoms. The van der Waals surface area contributed by atoms with E-state index in [0.717, 1.165) is 57.1 Å². The van der Waals surface area contributed by atoms with Gasteiger partial charge in [-0.1, -0.05) is 0 Å². The van der Waals surface area contributed by atoms with E-state index in [1.807, 2.05) is 24.8 Å².